The fraction of sp³-hybridized carbons (Fsp3) is 0.273. The molecule has 11 heteroatoms. The first-order valence-corrected chi connectivity index (χ1v) is 15.8. The molecule has 0 spiro atoms. The van der Waals surface area contributed by atoms with Crippen molar-refractivity contribution < 1.29 is 33.4 Å². The molecule has 3 aromatic carbocycles. The molecule has 4 aromatic rings. The number of Topliss-reactive ketones (excluding diaryl/α,β-unsaturated/α-hetero) is 2. The molecule has 3 atom stereocenters. The van der Waals surface area contributed by atoms with Crippen LogP contribution in [0.15, 0.2) is 84.9 Å². The standard InChI is InChI=1S/C33H36N3O7P/c1-20(2)29(35-32(39)30-21(3)24-17-11-12-18-25(24)36(30)4)31(38)27(33(40)41)28(34)26(37)19-43-44(42,22-13-7-5-8-14-22)23-15-9-6-10-16-23/h5-18,20,27-29H,19,34H2,1-4H3,(H,35,39)(H,40,41)/t27?,28?,29-/m0/s1. The van der Waals surface area contributed by atoms with Crippen LogP contribution in [0.4, 0.5) is 0 Å². The summed E-state index contributed by atoms with van der Waals surface area (Å²) in [6, 6.07) is 21.0. The van der Waals surface area contributed by atoms with Gasteiger partial charge in [0.25, 0.3) is 13.3 Å². The predicted molar refractivity (Wildman–Crippen MR) is 169 cm³/mol. The van der Waals surface area contributed by atoms with Crippen molar-refractivity contribution in [2.45, 2.75) is 32.9 Å². The van der Waals surface area contributed by atoms with Gasteiger partial charge in [0.2, 0.25) is 0 Å². The summed E-state index contributed by atoms with van der Waals surface area (Å²) in [5.74, 6) is -6.54. The molecule has 1 heterocycles. The molecule has 10 nitrogen and oxygen atoms in total. The van der Waals surface area contributed by atoms with E-state index in [0.29, 0.717) is 21.9 Å². The van der Waals surface area contributed by atoms with Crippen molar-refractivity contribution >= 4 is 52.3 Å². The molecule has 0 aliphatic rings. The number of amides is 1. The van der Waals surface area contributed by atoms with Gasteiger partial charge in [-0.05, 0) is 48.7 Å². The average molecular weight is 618 g/mol. The summed E-state index contributed by atoms with van der Waals surface area (Å²) in [5.41, 5.74) is 7.96. The summed E-state index contributed by atoms with van der Waals surface area (Å²) in [7, 11) is -2.04. The number of carbonyl (C=O) groups excluding carboxylic acids is 3. The molecule has 0 fully saturated rings. The number of carbonyl (C=O) groups is 4. The van der Waals surface area contributed by atoms with Crippen molar-refractivity contribution in [1.29, 1.82) is 0 Å². The monoisotopic (exact) mass is 617 g/mol. The Morgan fingerprint density at radius 1 is 0.909 bits per heavy atom. The van der Waals surface area contributed by atoms with E-state index in [-0.39, 0.29) is 0 Å². The zero-order chi connectivity index (χ0) is 32.2. The minimum absolute atomic E-state index is 0.322. The number of fused-ring (bicyclic) bond motifs is 1. The van der Waals surface area contributed by atoms with Gasteiger partial charge in [0.05, 0.1) is 12.1 Å². The first kappa shape index (κ1) is 32.5. The Kier molecular flexibility index (Phi) is 9.99. The zero-order valence-corrected chi connectivity index (χ0v) is 25.9. The van der Waals surface area contributed by atoms with E-state index < -0.39 is 61.3 Å². The second-order valence-corrected chi connectivity index (χ2v) is 13.3. The number of aliphatic carboxylic acids is 1. The molecule has 4 N–H and O–H groups in total. The van der Waals surface area contributed by atoms with Gasteiger partial charge in [-0.3, -0.25) is 23.7 Å². The first-order valence-electron chi connectivity index (χ1n) is 14.1. The maximum absolute atomic E-state index is 14.1. The molecule has 2 unspecified atom stereocenters. The van der Waals surface area contributed by atoms with Crippen LogP contribution in [0.3, 0.4) is 0 Å². The Labute approximate surface area is 255 Å². The van der Waals surface area contributed by atoms with Crippen LogP contribution in [0.5, 0.6) is 0 Å². The van der Waals surface area contributed by atoms with Gasteiger partial charge in [-0.15, -0.1) is 0 Å². The van der Waals surface area contributed by atoms with Gasteiger partial charge in [-0.1, -0.05) is 68.4 Å². The normalized spacial score (nSPS) is 13.8. The predicted octanol–water partition coefficient (Wildman–Crippen LogP) is 3.35. The van der Waals surface area contributed by atoms with Gasteiger partial charge in [0.1, 0.15) is 18.2 Å². The number of benzene rings is 3. The van der Waals surface area contributed by atoms with Crippen LogP contribution in [0.2, 0.25) is 0 Å². The lowest BCUT2D eigenvalue weighted by molar-refractivity contribution is -0.150. The summed E-state index contributed by atoms with van der Waals surface area (Å²) in [5, 5.41) is 14.3. The second kappa shape index (κ2) is 13.5. The lowest BCUT2D eigenvalue weighted by Gasteiger charge is -2.27. The number of nitrogens with one attached hydrogen (secondary N) is 1. The summed E-state index contributed by atoms with van der Waals surface area (Å²) in [6.07, 6.45) is 0. The van der Waals surface area contributed by atoms with E-state index in [1.165, 1.54) is 0 Å². The van der Waals surface area contributed by atoms with Crippen molar-refractivity contribution in [2.75, 3.05) is 6.61 Å². The van der Waals surface area contributed by atoms with E-state index in [0.717, 1.165) is 10.9 Å². The Hall–Kier alpha value is -4.37. The number of aromatic nitrogens is 1. The Morgan fingerprint density at radius 3 is 1.93 bits per heavy atom. The summed E-state index contributed by atoms with van der Waals surface area (Å²) < 4.78 is 21.5. The van der Waals surface area contributed by atoms with Crippen LogP contribution in [0.25, 0.3) is 10.9 Å². The summed E-state index contributed by atoms with van der Waals surface area (Å²) >= 11 is 0. The van der Waals surface area contributed by atoms with Crippen molar-refractivity contribution in [3.05, 3.63) is 96.2 Å². The molecule has 1 aromatic heterocycles. The van der Waals surface area contributed by atoms with Crippen LogP contribution < -0.4 is 21.7 Å². The highest BCUT2D eigenvalue weighted by atomic mass is 31.2. The number of carboxylic acids is 1. The fourth-order valence-electron chi connectivity index (χ4n) is 5.31. The van der Waals surface area contributed by atoms with Crippen LogP contribution in [0, 0.1) is 18.8 Å². The highest BCUT2D eigenvalue weighted by Crippen LogP contribution is 2.44. The van der Waals surface area contributed by atoms with Crippen molar-refractivity contribution in [3.8, 4) is 0 Å². The van der Waals surface area contributed by atoms with Gasteiger partial charge in [0.15, 0.2) is 11.6 Å². The van der Waals surface area contributed by atoms with Gasteiger partial charge in [-0.2, -0.15) is 0 Å². The number of hydrogen-bond acceptors (Lipinski definition) is 7. The van der Waals surface area contributed by atoms with Crippen LogP contribution in [-0.4, -0.2) is 51.8 Å². The third kappa shape index (κ3) is 6.43. The lowest BCUT2D eigenvalue weighted by atomic mass is 9.85. The molecule has 0 saturated heterocycles. The highest BCUT2D eigenvalue weighted by Gasteiger charge is 2.42. The summed E-state index contributed by atoms with van der Waals surface area (Å²) in [4.78, 5) is 52.8. The van der Waals surface area contributed by atoms with Crippen LogP contribution in [0.1, 0.15) is 29.9 Å². The SMILES string of the molecule is Cc1c(C(=O)N[C@H](C(=O)C(C(=O)O)C(N)C(=O)COP(=O)(c2ccccc2)c2ccccc2)C(C)C)n(C)c2ccccc12. The van der Waals surface area contributed by atoms with Crippen molar-refractivity contribution in [3.63, 3.8) is 0 Å². The lowest BCUT2D eigenvalue weighted by Crippen LogP contribution is -2.55. The molecule has 0 aliphatic carbocycles. The Balaban J connectivity index is 1.56. The van der Waals surface area contributed by atoms with Gasteiger partial charge in [0, 0.05) is 28.6 Å². The van der Waals surface area contributed by atoms with Crippen molar-refractivity contribution in [2.24, 2.45) is 24.6 Å². The maximum Gasteiger partial charge on any atom is 0.316 e. The zero-order valence-electron chi connectivity index (χ0n) is 25.0. The molecule has 0 radical (unpaired) electrons. The maximum atomic E-state index is 14.1. The minimum atomic E-state index is -3.77. The number of nitrogens with zero attached hydrogens (tertiary/aromatic N) is 1. The quantitative estimate of drug-likeness (QED) is 0.152. The average Bonchev–Trinajstić information content (AvgIpc) is 3.28. The molecule has 0 aliphatic heterocycles. The van der Waals surface area contributed by atoms with Gasteiger partial charge < -0.3 is 25.2 Å². The first-order chi connectivity index (χ1) is 20.9. The molecule has 4 rings (SSSR count). The largest absolute Gasteiger partial charge is 0.481 e. The molecule has 1 amide bonds. The van der Waals surface area contributed by atoms with Gasteiger partial charge >= 0.3 is 5.97 Å². The van der Waals surface area contributed by atoms with Crippen LogP contribution >= 0.6 is 7.37 Å². The fourth-order valence-corrected chi connectivity index (χ4v) is 7.34. The van der Waals surface area contributed by atoms with E-state index in [4.69, 9.17) is 10.3 Å². The number of carboxylic acid groups (broad SMARTS) is 1. The third-order valence-corrected chi connectivity index (χ3v) is 10.2. The number of nitrogens with two attached hydrogens (primary N) is 1. The topological polar surface area (TPSA) is 158 Å². The Bertz CT molecular complexity index is 1650. The summed E-state index contributed by atoms with van der Waals surface area (Å²) in [6.45, 7) is 4.31. The number of ketones is 2. The smallest absolute Gasteiger partial charge is 0.316 e. The molecule has 44 heavy (non-hydrogen) atoms. The minimum Gasteiger partial charge on any atom is -0.481 e. The van der Waals surface area contributed by atoms with E-state index in [2.05, 4.69) is 5.32 Å². The van der Waals surface area contributed by atoms with Crippen LogP contribution in [-0.2, 0) is 30.5 Å². The third-order valence-electron chi connectivity index (χ3n) is 7.72. The molecule has 230 valence electrons. The van der Waals surface area contributed by atoms with E-state index in [9.17, 15) is 28.8 Å². The Morgan fingerprint density at radius 2 is 1.43 bits per heavy atom. The molecular weight excluding hydrogens is 581 g/mol. The number of rotatable bonds is 13. The number of para-hydroxylation sites is 1. The van der Waals surface area contributed by atoms with E-state index in [1.807, 2.05) is 24.3 Å². The van der Waals surface area contributed by atoms with Crippen molar-refractivity contribution in [1.82, 2.24) is 9.88 Å². The van der Waals surface area contributed by atoms with Gasteiger partial charge in [-0.25, -0.2) is 0 Å². The van der Waals surface area contributed by atoms with E-state index >= 15 is 0 Å². The number of aryl methyl sites for hydroxylation is 2. The van der Waals surface area contributed by atoms with E-state index in [1.54, 1.807) is 93.0 Å². The second-order valence-electron chi connectivity index (χ2n) is 11.0. The molecule has 0 bridgehead atoms. The molecular formula is C33H36N3O7P. The highest BCUT2D eigenvalue weighted by molar-refractivity contribution is 7.74. The molecule has 0 saturated carbocycles. The number of hydrogen-bond donors (Lipinski definition) is 3.